The summed E-state index contributed by atoms with van der Waals surface area (Å²) in [6.07, 6.45) is 1.77. The largest absolute Gasteiger partial charge is 0.383 e. The molecule has 106 valence electrons. The van der Waals surface area contributed by atoms with E-state index < -0.39 is 0 Å². The third kappa shape index (κ3) is 3.15. The maximum absolute atomic E-state index is 6.21. The second-order valence-corrected chi connectivity index (χ2v) is 5.35. The fourth-order valence-corrected chi connectivity index (χ4v) is 2.48. The van der Waals surface area contributed by atoms with Crippen LogP contribution in [0.1, 0.15) is 11.6 Å². The average Bonchev–Trinajstić information content (AvgIpc) is 2.53. The van der Waals surface area contributed by atoms with Crippen LogP contribution in [0.2, 0.25) is 5.02 Å². The van der Waals surface area contributed by atoms with Gasteiger partial charge in [-0.2, -0.15) is 0 Å². The van der Waals surface area contributed by atoms with Crippen LogP contribution in [-0.4, -0.2) is 11.5 Å². The highest BCUT2D eigenvalue weighted by Gasteiger charge is 2.07. The first kappa shape index (κ1) is 13.9. The summed E-state index contributed by atoms with van der Waals surface area (Å²) in [5, 5.41) is 5.13. The van der Waals surface area contributed by atoms with E-state index in [0.717, 1.165) is 22.2 Å². The number of rotatable bonds is 4. The Labute approximate surface area is 128 Å². The van der Waals surface area contributed by atoms with Crippen LogP contribution in [0.5, 0.6) is 0 Å². The van der Waals surface area contributed by atoms with E-state index >= 15 is 0 Å². The molecule has 21 heavy (non-hydrogen) atoms. The molecule has 0 saturated carbocycles. The third-order valence-electron chi connectivity index (χ3n) is 3.44. The second-order valence-electron chi connectivity index (χ2n) is 4.92. The van der Waals surface area contributed by atoms with E-state index in [-0.39, 0.29) is 6.04 Å². The molecule has 2 aromatic carbocycles. The standard InChI is InChI=1S/C17H16ClN3/c18-13-6-7-14-16(8-9-20-17(14)10-13)21-11-15(19)12-4-2-1-3-5-12/h1-10,15H,11,19H2,(H,20,21). The SMILES string of the molecule is NC(CNc1ccnc2cc(Cl)ccc12)c1ccccc1. The molecule has 0 aliphatic rings. The van der Waals surface area contributed by atoms with Crippen LogP contribution in [0.15, 0.2) is 60.8 Å². The molecule has 3 rings (SSSR count). The van der Waals surface area contributed by atoms with Gasteiger partial charge in [0.1, 0.15) is 0 Å². The maximum Gasteiger partial charge on any atom is 0.0737 e. The summed E-state index contributed by atoms with van der Waals surface area (Å²) in [7, 11) is 0. The summed E-state index contributed by atoms with van der Waals surface area (Å²) in [6, 6.07) is 17.7. The smallest absolute Gasteiger partial charge is 0.0737 e. The van der Waals surface area contributed by atoms with Crippen LogP contribution in [0, 0.1) is 0 Å². The fourth-order valence-electron chi connectivity index (χ4n) is 2.31. The van der Waals surface area contributed by atoms with E-state index in [4.69, 9.17) is 17.3 Å². The Morgan fingerprint density at radius 1 is 1.10 bits per heavy atom. The Balaban J connectivity index is 1.79. The van der Waals surface area contributed by atoms with E-state index in [2.05, 4.69) is 10.3 Å². The van der Waals surface area contributed by atoms with Gasteiger partial charge in [-0.1, -0.05) is 41.9 Å². The topological polar surface area (TPSA) is 50.9 Å². The molecule has 4 heteroatoms. The predicted octanol–water partition coefficient (Wildman–Crippen LogP) is 4.00. The molecule has 0 saturated heterocycles. The van der Waals surface area contributed by atoms with Crippen molar-refractivity contribution in [3.63, 3.8) is 0 Å². The molecular formula is C17H16ClN3. The van der Waals surface area contributed by atoms with Gasteiger partial charge in [-0.05, 0) is 29.8 Å². The van der Waals surface area contributed by atoms with Crippen LogP contribution in [0.25, 0.3) is 10.9 Å². The van der Waals surface area contributed by atoms with Crippen molar-refractivity contribution in [1.29, 1.82) is 0 Å². The second kappa shape index (κ2) is 6.12. The van der Waals surface area contributed by atoms with Gasteiger partial charge in [-0.25, -0.2) is 0 Å². The Hall–Kier alpha value is -2.10. The van der Waals surface area contributed by atoms with Gasteiger partial charge in [0, 0.05) is 34.9 Å². The number of hydrogen-bond acceptors (Lipinski definition) is 3. The lowest BCUT2D eigenvalue weighted by atomic mass is 10.1. The molecule has 3 nitrogen and oxygen atoms in total. The molecule has 0 spiro atoms. The minimum absolute atomic E-state index is 0.0540. The van der Waals surface area contributed by atoms with Gasteiger partial charge in [0.15, 0.2) is 0 Å². The number of nitrogens with one attached hydrogen (secondary N) is 1. The first-order chi connectivity index (χ1) is 10.2. The van der Waals surface area contributed by atoms with Crippen LogP contribution >= 0.6 is 11.6 Å². The highest BCUT2D eigenvalue weighted by Crippen LogP contribution is 2.24. The first-order valence-electron chi connectivity index (χ1n) is 6.83. The molecule has 0 fully saturated rings. The number of hydrogen-bond donors (Lipinski definition) is 2. The van der Waals surface area contributed by atoms with Gasteiger partial charge in [0.2, 0.25) is 0 Å². The highest BCUT2D eigenvalue weighted by molar-refractivity contribution is 6.31. The summed E-state index contributed by atoms with van der Waals surface area (Å²) in [5.74, 6) is 0. The van der Waals surface area contributed by atoms with E-state index in [9.17, 15) is 0 Å². The Morgan fingerprint density at radius 3 is 2.71 bits per heavy atom. The molecule has 0 aliphatic carbocycles. The van der Waals surface area contributed by atoms with Crippen molar-refractivity contribution >= 4 is 28.2 Å². The summed E-state index contributed by atoms with van der Waals surface area (Å²) < 4.78 is 0. The van der Waals surface area contributed by atoms with E-state index in [1.807, 2.05) is 54.6 Å². The Bertz CT molecular complexity index is 743. The van der Waals surface area contributed by atoms with Crippen molar-refractivity contribution in [2.75, 3.05) is 11.9 Å². The zero-order chi connectivity index (χ0) is 14.7. The minimum Gasteiger partial charge on any atom is -0.383 e. The molecule has 1 atom stereocenters. The molecule has 3 N–H and O–H groups in total. The van der Waals surface area contributed by atoms with Crippen molar-refractivity contribution < 1.29 is 0 Å². The number of pyridine rings is 1. The molecular weight excluding hydrogens is 282 g/mol. The molecule has 0 bridgehead atoms. The van der Waals surface area contributed by atoms with Crippen molar-refractivity contribution in [3.8, 4) is 0 Å². The fraction of sp³-hybridized carbons (Fsp3) is 0.118. The van der Waals surface area contributed by atoms with Gasteiger partial charge < -0.3 is 11.1 Å². The van der Waals surface area contributed by atoms with Gasteiger partial charge in [0.05, 0.1) is 5.52 Å². The van der Waals surface area contributed by atoms with Crippen molar-refractivity contribution in [1.82, 2.24) is 4.98 Å². The Kier molecular flexibility index (Phi) is 4.04. The molecule has 1 unspecified atom stereocenters. The van der Waals surface area contributed by atoms with E-state index in [1.165, 1.54) is 0 Å². The Morgan fingerprint density at radius 2 is 1.90 bits per heavy atom. The molecule has 1 aromatic heterocycles. The van der Waals surface area contributed by atoms with Gasteiger partial charge in [0.25, 0.3) is 0 Å². The molecule has 0 radical (unpaired) electrons. The molecule has 0 amide bonds. The monoisotopic (exact) mass is 297 g/mol. The number of benzene rings is 2. The zero-order valence-electron chi connectivity index (χ0n) is 11.5. The van der Waals surface area contributed by atoms with Crippen LogP contribution in [0.4, 0.5) is 5.69 Å². The summed E-state index contributed by atoms with van der Waals surface area (Å²) in [6.45, 7) is 0.658. The van der Waals surface area contributed by atoms with Crippen LogP contribution < -0.4 is 11.1 Å². The number of fused-ring (bicyclic) bond motifs is 1. The van der Waals surface area contributed by atoms with Gasteiger partial charge in [-0.3, -0.25) is 4.98 Å². The van der Waals surface area contributed by atoms with Crippen molar-refractivity contribution in [2.24, 2.45) is 5.73 Å². The number of anilines is 1. The van der Waals surface area contributed by atoms with Gasteiger partial charge in [-0.15, -0.1) is 0 Å². The van der Waals surface area contributed by atoms with E-state index in [1.54, 1.807) is 6.20 Å². The van der Waals surface area contributed by atoms with Crippen molar-refractivity contribution in [3.05, 3.63) is 71.4 Å². The summed E-state index contributed by atoms with van der Waals surface area (Å²) in [4.78, 5) is 4.33. The third-order valence-corrected chi connectivity index (χ3v) is 3.68. The highest BCUT2D eigenvalue weighted by atomic mass is 35.5. The maximum atomic E-state index is 6.21. The summed E-state index contributed by atoms with van der Waals surface area (Å²) in [5.41, 5.74) is 9.22. The first-order valence-corrected chi connectivity index (χ1v) is 7.20. The lowest BCUT2D eigenvalue weighted by Crippen LogP contribution is -2.20. The predicted molar refractivity (Wildman–Crippen MR) is 88.6 cm³/mol. The van der Waals surface area contributed by atoms with Gasteiger partial charge >= 0.3 is 0 Å². The molecule has 1 heterocycles. The average molecular weight is 298 g/mol. The zero-order valence-corrected chi connectivity index (χ0v) is 12.2. The number of nitrogens with zero attached hydrogens (tertiary/aromatic N) is 1. The molecule has 0 aliphatic heterocycles. The lowest BCUT2D eigenvalue weighted by Gasteiger charge is -2.15. The quantitative estimate of drug-likeness (QED) is 0.765. The number of aromatic nitrogens is 1. The molecule has 3 aromatic rings. The minimum atomic E-state index is -0.0540. The number of nitrogens with two attached hydrogens (primary N) is 1. The van der Waals surface area contributed by atoms with E-state index in [0.29, 0.717) is 11.6 Å². The number of halogens is 1. The lowest BCUT2D eigenvalue weighted by molar-refractivity contribution is 0.765. The van der Waals surface area contributed by atoms with Crippen molar-refractivity contribution in [2.45, 2.75) is 6.04 Å². The van der Waals surface area contributed by atoms with Crippen LogP contribution in [0.3, 0.4) is 0 Å². The van der Waals surface area contributed by atoms with Crippen LogP contribution in [-0.2, 0) is 0 Å². The summed E-state index contributed by atoms with van der Waals surface area (Å²) >= 11 is 6.00. The normalized spacial score (nSPS) is 12.3.